The fourth-order valence-corrected chi connectivity index (χ4v) is 15.8. The molecule has 1 aromatic carbocycles. The summed E-state index contributed by atoms with van der Waals surface area (Å²) in [5, 5.41) is 92.3. The van der Waals surface area contributed by atoms with Crippen molar-refractivity contribution in [3.63, 3.8) is 0 Å². The number of rotatable bonds is 18. The number of hydrogen-bond donors (Lipinski definition) is 8. The van der Waals surface area contributed by atoms with Crippen molar-refractivity contribution in [3.05, 3.63) is 83.7 Å². The predicted octanol–water partition coefficient (Wildman–Crippen LogP) is 2.55. The molecule has 8 N–H and O–H groups in total. The summed E-state index contributed by atoms with van der Waals surface area (Å²) >= 11 is 0. The molecule has 8 aliphatic rings. The minimum atomic E-state index is -2.04. The number of benzene rings is 1. The van der Waals surface area contributed by atoms with Gasteiger partial charge < -0.3 is 102 Å². The topological polar surface area (TPSA) is 329 Å². The summed E-state index contributed by atoms with van der Waals surface area (Å²) in [7, 11) is 4.48. The lowest BCUT2D eigenvalue weighted by atomic mass is 9.42. The third-order valence-electron chi connectivity index (χ3n) is 20.9. The van der Waals surface area contributed by atoms with E-state index in [1.165, 1.54) is 32.7 Å². The Balaban J connectivity index is 0.777. The lowest BCUT2D eigenvalue weighted by molar-refractivity contribution is -0.373. The van der Waals surface area contributed by atoms with Gasteiger partial charge in [0.1, 0.15) is 83.9 Å². The molecule has 87 heavy (non-hydrogen) atoms. The van der Waals surface area contributed by atoms with Crippen LogP contribution in [0.25, 0.3) is 6.08 Å². The van der Waals surface area contributed by atoms with Crippen LogP contribution in [0, 0.1) is 16.7 Å². The van der Waals surface area contributed by atoms with Gasteiger partial charge in [0.2, 0.25) is 0 Å². The number of pyridine rings is 1. The first kappa shape index (κ1) is 66.0. The molecule has 0 unspecified atom stereocenters. The number of methoxy groups -OCH3 is 3. The summed E-state index contributed by atoms with van der Waals surface area (Å²) in [6, 6.07) is 12.4. The summed E-state index contributed by atoms with van der Waals surface area (Å²) < 4.78 is 80.5. The van der Waals surface area contributed by atoms with Crippen molar-refractivity contribution in [1.29, 1.82) is 0 Å². The SMILES string of the molecule is CO[C@H]1[C@@H](O)[C@H](O[C@@H]2[C@@H](C)O[C@@H](O[C@H]3[C@@H](OC)C[C@H](O[C@H]4CC[C@@]5(C)C(=CC[C@]6(O)[C@@H]5C[C@@H](OC(=O)c5cccnc5)[C@@]5(C)[C@]6(O)CC[C@]5(O)[C@H](C)OC(=O)C=Cc5ccccc5)C4)O[C@@H]3C)C[C@H]2OC)O[C@H](C)[C@H]1O[C@@H]1O[C@H](CO)[C@@H](O)[C@H](O)[C@H]1O. The van der Waals surface area contributed by atoms with Gasteiger partial charge in [-0.25, -0.2) is 9.59 Å². The highest BCUT2D eigenvalue weighted by Crippen LogP contribution is 2.71. The number of carbonyl (C=O) groups excluding carboxylic acids is 2. The molecule has 3 saturated carbocycles. The first-order chi connectivity index (χ1) is 41.4. The number of aromatic nitrogens is 1. The van der Waals surface area contributed by atoms with Gasteiger partial charge in [0.15, 0.2) is 25.2 Å². The molecule has 5 heterocycles. The molecule has 0 spiro atoms. The number of ether oxygens (including phenoxy) is 13. The average molecular weight is 1230 g/mol. The van der Waals surface area contributed by atoms with Gasteiger partial charge in [-0.3, -0.25) is 4.98 Å². The number of hydrogen-bond acceptors (Lipinski definition) is 24. The van der Waals surface area contributed by atoms with Crippen molar-refractivity contribution in [2.45, 2.75) is 245 Å². The Labute approximate surface area is 506 Å². The molecule has 2 aromatic rings. The summed E-state index contributed by atoms with van der Waals surface area (Å²) in [4.78, 5) is 31.6. The van der Waals surface area contributed by atoms with Gasteiger partial charge in [-0.05, 0) is 102 Å². The number of aliphatic hydroxyl groups is 8. The summed E-state index contributed by atoms with van der Waals surface area (Å²) in [5.41, 5.74) is -6.31. The molecule has 1 aromatic heterocycles. The molecule has 484 valence electrons. The van der Waals surface area contributed by atoms with E-state index in [4.69, 9.17) is 61.6 Å². The van der Waals surface area contributed by atoms with E-state index in [-0.39, 0.29) is 43.8 Å². The number of carbonyl (C=O) groups is 2. The van der Waals surface area contributed by atoms with Gasteiger partial charge in [0.05, 0.1) is 54.2 Å². The van der Waals surface area contributed by atoms with Crippen LogP contribution in [0.3, 0.4) is 0 Å². The normalized spacial score (nSPS) is 45.9. The van der Waals surface area contributed by atoms with Crippen LogP contribution in [-0.2, 0) is 66.4 Å². The molecule has 24 heteroatoms. The van der Waals surface area contributed by atoms with E-state index in [1.54, 1.807) is 53.0 Å². The molecule has 10 rings (SSSR count). The largest absolute Gasteiger partial charge is 0.458 e. The zero-order chi connectivity index (χ0) is 62.5. The first-order valence-corrected chi connectivity index (χ1v) is 30.4. The maximum Gasteiger partial charge on any atom is 0.339 e. The Morgan fingerprint density at radius 2 is 1.37 bits per heavy atom. The van der Waals surface area contributed by atoms with Crippen LogP contribution in [0.5, 0.6) is 0 Å². The highest BCUT2D eigenvalue weighted by Gasteiger charge is 2.81. The second kappa shape index (κ2) is 26.3. The summed E-state index contributed by atoms with van der Waals surface area (Å²) in [5.74, 6) is -2.08. The van der Waals surface area contributed by atoms with Crippen LogP contribution in [0.15, 0.2) is 72.6 Å². The first-order valence-electron chi connectivity index (χ1n) is 30.4. The van der Waals surface area contributed by atoms with Crippen molar-refractivity contribution in [2.24, 2.45) is 16.7 Å². The molecule has 4 saturated heterocycles. The van der Waals surface area contributed by atoms with Gasteiger partial charge in [-0.15, -0.1) is 0 Å². The maximum atomic E-state index is 14.1. The predicted molar refractivity (Wildman–Crippen MR) is 303 cm³/mol. The molecular formula is C63H89NO23. The molecule has 0 bridgehead atoms. The number of nitrogens with zero attached hydrogens (tertiary/aromatic N) is 1. The molecule has 4 aliphatic carbocycles. The molecular weight excluding hydrogens is 1140 g/mol. The van der Waals surface area contributed by atoms with E-state index < -0.39 is 175 Å². The van der Waals surface area contributed by atoms with Crippen molar-refractivity contribution in [3.8, 4) is 0 Å². The highest BCUT2D eigenvalue weighted by molar-refractivity contribution is 5.89. The Morgan fingerprint density at radius 1 is 0.724 bits per heavy atom. The maximum absolute atomic E-state index is 14.1. The lowest BCUT2D eigenvalue weighted by Gasteiger charge is -2.67. The van der Waals surface area contributed by atoms with E-state index in [9.17, 15) is 50.4 Å². The Hall–Kier alpha value is -3.97. The Bertz CT molecular complexity index is 2730. The van der Waals surface area contributed by atoms with E-state index in [2.05, 4.69) is 11.9 Å². The number of esters is 2. The number of fused-ring (bicyclic) bond motifs is 5. The van der Waals surface area contributed by atoms with E-state index in [1.807, 2.05) is 43.3 Å². The van der Waals surface area contributed by atoms with Gasteiger partial charge in [-0.2, -0.15) is 0 Å². The molecule has 24 nitrogen and oxygen atoms in total. The molecule has 27 atom stereocenters. The molecule has 7 fully saturated rings. The van der Waals surface area contributed by atoms with Gasteiger partial charge >= 0.3 is 11.9 Å². The summed E-state index contributed by atoms with van der Waals surface area (Å²) in [6.45, 7) is 9.93. The Kier molecular flexibility index (Phi) is 20.0. The molecule has 4 aliphatic heterocycles. The monoisotopic (exact) mass is 1230 g/mol. The van der Waals surface area contributed by atoms with Gasteiger partial charge in [0, 0.05) is 58.6 Å². The second-order valence-electron chi connectivity index (χ2n) is 25.5. The van der Waals surface area contributed by atoms with Crippen LogP contribution in [0.2, 0.25) is 0 Å². The quantitative estimate of drug-likeness (QED) is 0.0604. The third-order valence-corrected chi connectivity index (χ3v) is 20.9. The lowest BCUT2D eigenvalue weighted by Crippen LogP contribution is -2.78. The van der Waals surface area contributed by atoms with Gasteiger partial charge in [-0.1, -0.05) is 55.8 Å². The van der Waals surface area contributed by atoms with Crippen LogP contribution >= 0.6 is 0 Å². The van der Waals surface area contributed by atoms with E-state index in [0.717, 1.165) is 11.1 Å². The van der Waals surface area contributed by atoms with Crippen molar-refractivity contribution in [2.75, 3.05) is 27.9 Å². The second-order valence-corrected chi connectivity index (χ2v) is 25.5. The number of aliphatic hydroxyl groups excluding tert-OH is 5. The fraction of sp³-hybridized carbons (Fsp3) is 0.730. The zero-order valence-corrected chi connectivity index (χ0v) is 50.8. The van der Waals surface area contributed by atoms with Crippen molar-refractivity contribution >= 4 is 18.0 Å². The van der Waals surface area contributed by atoms with E-state index >= 15 is 0 Å². The van der Waals surface area contributed by atoms with Crippen molar-refractivity contribution < 1.29 is 112 Å². The van der Waals surface area contributed by atoms with Crippen molar-refractivity contribution in [1.82, 2.24) is 4.98 Å². The smallest absolute Gasteiger partial charge is 0.339 e. The third kappa shape index (κ3) is 12.0. The van der Waals surface area contributed by atoms with Crippen LogP contribution in [-0.4, -0.2) is 231 Å². The minimum absolute atomic E-state index is 0.0337. The standard InChI is InChI=1S/C63H89NO23/c1-32-52(85-47-28-41(76-8)53(33(2)79-47)86-58-51(70)55(77-9)54(34(3)80-58)87-57-50(69)49(68)48(67)42(31-65)83-57)40(75-7)27-46(78-32)82-39-20-21-59(5)38(26-39)19-22-62(73)43(59)29-44(84-56(71)37-16-13-25-64-30-37)60(6)61(72,23-24-63(60,62)74)35(4)81-45(66)18-17-36-14-11-10-12-15-36/h10-19,25,30,32-35,39-44,46-55,57-58,65,67-70,72-74H,20-24,26-29,31H2,1-9H3/t32-,33-,34-,35+,39+,40+,41-,42-,43-,44-,46+,47+,48-,49+,50-,51-,52-,53-,54-,55+,57+,58+,59+,60-,61+,62+,63-/m1/s1. The molecule has 0 radical (unpaired) electrons. The Morgan fingerprint density at radius 3 is 2.01 bits per heavy atom. The fourth-order valence-electron chi connectivity index (χ4n) is 15.8. The van der Waals surface area contributed by atoms with E-state index in [0.29, 0.717) is 25.7 Å². The molecule has 0 amide bonds. The van der Waals surface area contributed by atoms with Crippen LogP contribution < -0.4 is 0 Å². The minimum Gasteiger partial charge on any atom is -0.458 e. The average Bonchev–Trinajstić information content (AvgIpc) is 1.60. The van der Waals surface area contributed by atoms with Crippen LogP contribution in [0.1, 0.15) is 115 Å². The summed E-state index contributed by atoms with van der Waals surface area (Å²) in [6.07, 6.45) is -11.4. The van der Waals surface area contributed by atoms with Crippen LogP contribution in [0.4, 0.5) is 0 Å². The van der Waals surface area contributed by atoms with Gasteiger partial charge in [0.25, 0.3) is 0 Å². The highest BCUT2D eigenvalue weighted by atomic mass is 16.8. The zero-order valence-electron chi connectivity index (χ0n) is 50.8.